The number of benzene rings is 1. The largest absolute Gasteiger partial charge is 0.438 e. The van der Waals surface area contributed by atoms with Gasteiger partial charge in [-0.1, -0.05) is 6.92 Å². The molecule has 106 valence electrons. The van der Waals surface area contributed by atoms with Crippen molar-refractivity contribution >= 4 is 27.3 Å². The van der Waals surface area contributed by atoms with Gasteiger partial charge in [-0.25, -0.2) is 9.97 Å². The van der Waals surface area contributed by atoms with Gasteiger partial charge in [-0.3, -0.25) is 4.79 Å². The second-order valence-corrected chi connectivity index (χ2v) is 5.89. The van der Waals surface area contributed by atoms with Crippen LogP contribution in [0.3, 0.4) is 0 Å². The highest BCUT2D eigenvalue weighted by Crippen LogP contribution is 2.31. The lowest BCUT2D eigenvalue weighted by Gasteiger charge is -2.06. The molecule has 0 spiro atoms. The van der Waals surface area contributed by atoms with Crippen molar-refractivity contribution < 1.29 is 9.53 Å². The molecule has 1 aromatic carbocycles. The molecule has 0 atom stereocenters. The Morgan fingerprint density at radius 3 is 2.71 bits per heavy atom. The molecule has 0 saturated heterocycles. The quantitative estimate of drug-likeness (QED) is 0.670. The van der Waals surface area contributed by atoms with Crippen molar-refractivity contribution in [3.05, 3.63) is 47.1 Å². The SMILES string of the molecule is CCC(=O)c1ccc(Oc2ncnc3sc(C)cc23)cc1. The van der Waals surface area contributed by atoms with Crippen molar-refractivity contribution in [1.29, 1.82) is 0 Å². The summed E-state index contributed by atoms with van der Waals surface area (Å²) in [6.45, 7) is 3.88. The average Bonchev–Trinajstić information content (AvgIpc) is 2.88. The topological polar surface area (TPSA) is 52.1 Å². The summed E-state index contributed by atoms with van der Waals surface area (Å²) >= 11 is 1.61. The van der Waals surface area contributed by atoms with Gasteiger partial charge in [0.25, 0.3) is 0 Å². The van der Waals surface area contributed by atoms with E-state index in [1.165, 1.54) is 11.2 Å². The molecule has 0 bridgehead atoms. The van der Waals surface area contributed by atoms with Gasteiger partial charge in [0.1, 0.15) is 16.9 Å². The second kappa shape index (κ2) is 5.61. The lowest BCUT2D eigenvalue weighted by Crippen LogP contribution is -1.96. The Hall–Kier alpha value is -2.27. The third-order valence-electron chi connectivity index (χ3n) is 3.13. The summed E-state index contributed by atoms with van der Waals surface area (Å²) in [5, 5.41) is 0.911. The summed E-state index contributed by atoms with van der Waals surface area (Å²) in [5.41, 5.74) is 0.698. The van der Waals surface area contributed by atoms with Gasteiger partial charge >= 0.3 is 0 Å². The van der Waals surface area contributed by atoms with Crippen LogP contribution >= 0.6 is 11.3 Å². The van der Waals surface area contributed by atoms with Gasteiger partial charge in [-0.15, -0.1) is 11.3 Å². The first-order valence-corrected chi connectivity index (χ1v) is 7.51. The van der Waals surface area contributed by atoms with Crippen LogP contribution in [0, 0.1) is 6.92 Å². The maximum atomic E-state index is 11.6. The predicted molar refractivity (Wildman–Crippen MR) is 83.3 cm³/mol. The van der Waals surface area contributed by atoms with Gasteiger partial charge in [0.2, 0.25) is 5.88 Å². The minimum absolute atomic E-state index is 0.124. The van der Waals surface area contributed by atoms with Crippen LogP contribution in [0.4, 0.5) is 0 Å². The fourth-order valence-electron chi connectivity index (χ4n) is 2.06. The first-order chi connectivity index (χ1) is 10.2. The van der Waals surface area contributed by atoms with E-state index in [0.717, 1.165) is 10.2 Å². The second-order valence-electron chi connectivity index (χ2n) is 4.66. The maximum absolute atomic E-state index is 11.6. The molecule has 21 heavy (non-hydrogen) atoms. The molecular weight excluding hydrogens is 284 g/mol. The highest BCUT2D eigenvalue weighted by Gasteiger charge is 2.09. The molecule has 3 rings (SSSR count). The predicted octanol–water partition coefficient (Wildman–Crippen LogP) is 4.38. The van der Waals surface area contributed by atoms with Crippen molar-refractivity contribution in [1.82, 2.24) is 9.97 Å². The Morgan fingerprint density at radius 1 is 1.24 bits per heavy atom. The third-order valence-corrected chi connectivity index (χ3v) is 4.09. The monoisotopic (exact) mass is 298 g/mol. The Bertz CT molecular complexity index is 794. The Morgan fingerprint density at radius 2 is 2.00 bits per heavy atom. The van der Waals surface area contributed by atoms with Crippen LogP contribution in [0.2, 0.25) is 0 Å². The molecule has 0 N–H and O–H groups in total. The van der Waals surface area contributed by atoms with E-state index in [1.54, 1.807) is 35.6 Å². The Kier molecular flexibility index (Phi) is 3.66. The highest BCUT2D eigenvalue weighted by molar-refractivity contribution is 7.18. The van der Waals surface area contributed by atoms with Gasteiger partial charge in [0.05, 0.1) is 5.39 Å². The van der Waals surface area contributed by atoms with E-state index in [2.05, 4.69) is 9.97 Å². The molecule has 0 aliphatic rings. The number of nitrogens with zero attached hydrogens (tertiary/aromatic N) is 2. The van der Waals surface area contributed by atoms with Crippen molar-refractivity contribution in [3.63, 3.8) is 0 Å². The summed E-state index contributed by atoms with van der Waals surface area (Å²) in [6.07, 6.45) is 2.00. The molecule has 0 fully saturated rings. The zero-order valence-electron chi connectivity index (χ0n) is 11.8. The van der Waals surface area contributed by atoms with Gasteiger partial charge in [-0.2, -0.15) is 0 Å². The lowest BCUT2D eigenvalue weighted by molar-refractivity contribution is 0.0988. The van der Waals surface area contributed by atoms with Crippen molar-refractivity contribution in [3.8, 4) is 11.6 Å². The number of rotatable bonds is 4. The lowest BCUT2D eigenvalue weighted by atomic mass is 10.1. The van der Waals surface area contributed by atoms with Gasteiger partial charge in [0, 0.05) is 16.9 Å². The molecule has 0 amide bonds. The number of fused-ring (bicyclic) bond motifs is 1. The molecule has 3 aromatic rings. The van der Waals surface area contributed by atoms with E-state index in [4.69, 9.17) is 4.74 Å². The van der Waals surface area contributed by atoms with E-state index in [0.29, 0.717) is 23.6 Å². The standard InChI is InChI=1S/C16H14N2O2S/c1-3-14(19)11-4-6-12(7-5-11)20-15-13-8-10(2)21-16(13)18-9-17-15/h4-9H,3H2,1-2H3. The van der Waals surface area contributed by atoms with E-state index in [1.807, 2.05) is 19.9 Å². The number of thiophene rings is 1. The molecule has 2 aromatic heterocycles. The minimum Gasteiger partial charge on any atom is -0.438 e. The van der Waals surface area contributed by atoms with E-state index in [-0.39, 0.29) is 5.78 Å². The molecule has 0 aliphatic carbocycles. The van der Waals surface area contributed by atoms with Crippen LogP contribution in [0.5, 0.6) is 11.6 Å². The fourth-order valence-corrected chi connectivity index (χ4v) is 2.90. The average molecular weight is 298 g/mol. The van der Waals surface area contributed by atoms with E-state index in [9.17, 15) is 4.79 Å². The number of hydrogen-bond donors (Lipinski definition) is 0. The fraction of sp³-hybridized carbons (Fsp3) is 0.188. The minimum atomic E-state index is 0.124. The van der Waals surface area contributed by atoms with E-state index < -0.39 is 0 Å². The number of carbonyl (C=O) groups is 1. The molecule has 0 radical (unpaired) electrons. The van der Waals surface area contributed by atoms with E-state index >= 15 is 0 Å². The Balaban J connectivity index is 1.90. The van der Waals surface area contributed by atoms with Crippen molar-refractivity contribution in [2.75, 3.05) is 0 Å². The van der Waals surface area contributed by atoms with Crippen LogP contribution in [-0.2, 0) is 0 Å². The molecule has 0 unspecified atom stereocenters. The number of carbonyl (C=O) groups excluding carboxylic acids is 1. The van der Waals surface area contributed by atoms with Gasteiger partial charge in [-0.05, 0) is 37.3 Å². The number of ketones is 1. The van der Waals surface area contributed by atoms with Crippen molar-refractivity contribution in [2.45, 2.75) is 20.3 Å². The number of Topliss-reactive ketones (excluding diaryl/α,β-unsaturated/α-hetero) is 1. The summed E-state index contributed by atoms with van der Waals surface area (Å²) < 4.78 is 5.82. The number of aromatic nitrogens is 2. The third kappa shape index (κ3) is 2.78. The molecule has 2 heterocycles. The van der Waals surface area contributed by atoms with Crippen molar-refractivity contribution in [2.24, 2.45) is 0 Å². The maximum Gasteiger partial charge on any atom is 0.231 e. The smallest absolute Gasteiger partial charge is 0.231 e. The first kappa shape index (κ1) is 13.7. The first-order valence-electron chi connectivity index (χ1n) is 6.69. The Labute approximate surface area is 126 Å². The normalized spacial score (nSPS) is 10.8. The number of ether oxygens (including phenoxy) is 1. The summed E-state index contributed by atoms with van der Waals surface area (Å²) in [6, 6.07) is 9.15. The molecule has 5 heteroatoms. The molecule has 4 nitrogen and oxygen atoms in total. The summed E-state index contributed by atoms with van der Waals surface area (Å²) in [4.78, 5) is 22.1. The molecule has 0 aliphatic heterocycles. The van der Waals surface area contributed by atoms with Gasteiger partial charge in [0.15, 0.2) is 5.78 Å². The summed E-state index contributed by atoms with van der Waals surface area (Å²) in [7, 11) is 0. The molecule has 0 saturated carbocycles. The highest BCUT2D eigenvalue weighted by atomic mass is 32.1. The van der Waals surface area contributed by atoms with Crippen LogP contribution in [-0.4, -0.2) is 15.8 Å². The van der Waals surface area contributed by atoms with Crippen LogP contribution in [0.1, 0.15) is 28.6 Å². The number of aryl methyl sites for hydroxylation is 1. The van der Waals surface area contributed by atoms with Crippen LogP contribution < -0.4 is 4.74 Å². The van der Waals surface area contributed by atoms with Crippen LogP contribution in [0.15, 0.2) is 36.7 Å². The summed E-state index contributed by atoms with van der Waals surface area (Å²) in [5.74, 6) is 1.32. The van der Waals surface area contributed by atoms with Gasteiger partial charge < -0.3 is 4.74 Å². The zero-order valence-corrected chi connectivity index (χ0v) is 12.6. The molecular formula is C16H14N2O2S. The zero-order chi connectivity index (χ0) is 14.8. The number of hydrogen-bond acceptors (Lipinski definition) is 5. The van der Waals surface area contributed by atoms with Crippen LogP contribution in [0.25, 0.3) is 10.2 Å².